The summed E-state index contributed by atoms with van der Waals surface area (Å²) in [5.41, 5.74) is 0.312. The molecule has 0 spiro atoms. The van der Waals surface area contributed by atoms with E-state index in [1.807, 2.05) is 0 Å². The summed E-state index contributed by atoms with van der Waals surface area (Å²) in [6, 6.07) is 5.10. The van der Waals surface area contributed by atoms with E-state index in [0.717, 1.165) is 11.8 Å². The van der Waals surface area contributed by atoms with Crippen LogP contribution in [0.1, 0.15) is 37.6 Å². The van der Waals surface area contributed by atoms with Gasteiger partial charge < -0.3 is 5.32 Å². The lowest BCUT2D eigenvalue weighted by molar-refractivity contribution is 0.0901. The Bertz CT molecular complexity index is 437. The SMILES string of the molecule is CC(C)(C)C(CCBr)NC(=O)c1c(Cl)cccc1Cl. The molecule has 1 atom stereocenters. The van der Waals surface area contributed by atoms with Crippen LogP contribution in [0.25, 0.3) is 0 Å². The number of carbonyl (C=O) groups excluding carboxylic acids is 1. The molecule has 19 heavy (non-hydrogen) atoms. The summed E-state index contributed by atoms with van der Waals surface area (Å²) in [4.78, 5) is 12.3. The molecule has 1 unspecified atom stereocenters. The monoisotopic (exact) mass is 365 g/mol. The average molecular weight is 367 g/mol. The minimum atomic E-state index is -0.225. The van der Waals surface area contributed by atoms with Gasteiger partial charge in [0.1, 0.15) is 0 Å². The van der Waals surface area contributed by atoms with E-state index in [1.54, 1.807) is 18.2 Å². The molecule has 0 saturated carbocycles. The van der Waals surface area contributed by atoms with Gasteiger partial charge >= 0.3 is 0 Å². The molecule has 1 rings (SSSR count). The summed E-state index contributed by atoms with van der Waals surface area (Å²) >= 11 is 15.5. The van der Waals surface area contributed by atoms with Crippen LogP contribution >= 0.6 is 39.1 Å². The van der Waals surface area contributed by atoms with E-state index >= 15 is 0 Å². The Morgan fingerprint density at radius 1 is 1.32 bits per heavy atom. The lowest BCUT2D eigenvalue weighted by Gasteiger charge is -2.31. The van der Waals surface area contributed by atoms with Crippen molar-refractivity contribution in [1.29, 1.82) is 0 Å². The smallest absolute Gasteiger partial charge is 0.254 e. The predicted molar refractivity (Wildman–Crippen MR) is 85.6 cm³/mol. The molecule has 0 aliphatic rings. The zero-order valence-corrected chi connectivity index (χ0v) is 14.4. The Labute approximate surface area is 133 Å². The van der Waals surface area contributed by atoms with Gasteiger partial charge in [0.05, 0.1) is 15.6 Å². The summed E-state index contributed by atoms with van der Waals surface area (Å²) in [5, 5.41) is 4.59. The third-order valence-corrected chi connectivity index (χ3v) is 4.03. The van der Waals surface area contributed by atoms with Crippen molar-refractivity contribution in [3.63, 3.8) is 0 Å². The Morgan fingerprint density at radius 3 is 2.26 bits per heavy atom. The highest BCUT2D eigenvalue weighted by atomic mass is 79.9. The molecule has 0 bridgehead atoms. The first-order chi connectivity index (χ1) is 8.77. The van der Waals surface area contributed by atoms with Gasteiger partial charge in [-0.2, -0.15) is 0 Å². The number of benzene rings is 1. The molecule has 0 radical (unpaired) electrons. The second-order valence-corrected chi connectivity index (χ2v) is 7.07. The normalized spacial score (nSPS) is 13.2. The third-order valence-electron chi connectivity index (χ3n) is 2.94. The Hall–Kier alpha value is -0.250. The molecule has 1 amide bonds. The Balaban J connectivity index is 2.95. The number of hydrogen-bond acceptors (Lipinski definition) is 1. The molecule has 106 valence electrons. The number of amides is 1. The van der Waals surface area contributed by atoms with Crippen LogP contribution in [-0.4, -0.2) is 17.3 Å². The number of hydrogen-bond donors (Lipinski definition) is 1. The van der Waals surface area contributed by atoms with E-state index < -0.39 is 0 Å². The van der Waals surface area contributed by atoms with Crippen molar-refractivity contribution in [2.45, 2.75) is 33.2 Å². The highest BCUT2D eigenvalue weighted by Gasteiger charge is 2.27. The molecule has 0 aliphatic carbocycles. The van der Waals surface area contributed by atoms with Crippen molar-refractivity contribution < 1.29 is 4.79 Å². The number of rotatable bonds is 4. The largest absolute Gasteiger partial charge is 0.349 e. The van der Waals surface area contributed by atoms with Gasteiger partial charge in [-0.3, -0.25) is 4.79 Å². The molecule has 0 saturated heterocycles. The molecular weight excluding hydrogens is 349 g/mol. The maximum atomic E-state index is 12.3. The van der Waals surface area contributed by atoms with E-state index in [2.05, 4.69) is 42.0 Å². The molecule has 1 N–H and O–H groups in total. The lowest BCUT2D eigenvalue weighted by Crippen LogP contribution is -2.44. The van der Waals surface area contributed by atoms with Gasteiger partial charge in [0.15, 0.2) is 0 Å². The van der Waals surface area contributed by atoms with Crippen molar-refractivity contribution >= 4 is 45.0 Å². The van der Waals surface area contributed by atoms with Crippen LogP contribution in [0.3, 0.4) is 0 Å². The number of nitrogens with one attached hydrogen (secondary N) is 1. The summed E-state index contributed by atoms with van der Waals surface area (Å²) in [6.07, 6.45) is 0.845. The second-order valence-electron chi connectivity index (χ2n) is 5.47. The maximum Gasteiger partial charge on any atom is 0.254 e. The molecule has 0 aromatic heterocycles. The van der Waals surface area contributed by atoms with Gasteiger partial charge in [-0.15, -0.1) is 0 Å². The van der Waals surface area contributed by atoms with Crippen LogP contribution in [0.5, 0.6) is 0 Å². The zero-order chi connectivity index (χ0) is 14.6. The summed E-state index contributed by atoms with van der Waals surface area (Å²) in [6.45, 7) is 6.28. The fraction of sp³-hybridized carbons (Fsp3) is 0.500. The molecule has 5 heteroatoms. The molecule has 2 nitrogen and oxygen atoms in total. The first-order valence-electron chi connectivity index (χ1n) is 6.08. The van der Waals surface area contributed by atoms with Crippen molar-refractivity contribution in [1.82, 2.24) is 5.32 Å². The van der Waals surface area contributed by atoms with E-state index in [9.17, 15) is 4.79 Å². The average Bonchev–Trinajstić information content (AvgIpc) is 2.27. The minimum Gasteiger partial charge on any atom is -0.349 e. The van der Waals surface area contributed by atoms with Crippen LogP contribution in [0.15, 0.2) is 18.2 Å². The zero-order valence-electron chi connectivity index (χ0n) is 11.3. The van der Waals surface area contributed by atoms with Gasteiger partial charge in [-0.05, 0) is 24.0 Å². The number of alkyl halides is 1. The highest BCUT2D eigenvalue weighted by Crippen LogP contribution is 2.27. The standard InChI is InChI=1S/C14H18BrCl2NO/c1-14(2,3)11(7-8-15)18-13(19)12-9(16)5-4-6-10(12)17/h4-6,11H,7-8H2,1-3H3,(H,18,19). The molecule has 1 aromatic rings. The topological polar surface area (TPSA) is 29.1 Å². The van der Waals surface area contributed by atoms with Crippen molar-refractivity contribution in [3.8, 4) is 0 Å². The highest BCUT2D eigenvalue weighted by molar-refractivity contribution is 9.09. The summed E-state index contributed by atoms with van der Waals surface area (Å²) in [5.74, 6) is -0.225. The summed E-state index contributed by atoms with van der Waals surface area (Å²) < 4.78 is 0. The van der Waals surface area contributed by atoms with Crippen LogP contribution in [-0.2, 0) is 0 Å². The first kappa shape index (κ1) is 16.8. The predicted octanol–water partition coefficient (Wildman–Crippen LogP) is 4.92. The van der Waals surface area contributed by atoms with Crippen molar-refractivity contribution in [3.05, 3.63) is 33.8 Å². The number of carbonyl (C=O) groups is 1. The maximum absolute atomic E-state index is 12.3. The van der Waals surface area contributed by atoms with Gasteiger partial charge in [-0.25, -0.2) is 0 Å². The molecule has 0 fully saturated rings. The lowest BCUT2D eigenvalue weighted by atomic mass is 9.85. The van der Waals surface area contributed by atoms with Gasteiger partial charge in [0.2, 0.25) is 0 Å². The van der Waals surface area contributed by atoms with E-state index in [1.165, 1.54) is 0 Å². The van der Waals surface area contributed by atoms with E-state index in [4.69, 9.17) is 23.2 Å². The van der Waals surface area contributed by atoms with E-state index in [-0.39, 0.29) is 17.4 Å². The Morgan fingerprint density at radius 2 is 1.84 bits per heavy atom. The van der Waals surface area contributed by atoms with Crippen LogP contribution in [0.4, 0.5) is 0 Å². The second kappa shape index (κ2) is 6.96. The molecule has 0 heterocycles. The fourth-order valence-corrected chi connectivity index (χ4v) is 2.80. The molecule has 1 aromatic carbocycles. The van der Waals surface area contributed by atoms with Crippen molar-refractivity contribution in [2.24, 2.45) is 5.41 Å². The van der Waals surface area contributed by atoms with Gasteiger partial charge in [0, 0.05) is 11.4 Å². The van der Waals surface area contributed by atoms with Gasteiger partial charge in [-0.1, -0.05) is 66.0 Å². The number of halogens is 3. The minimum absolute atomic E-state index is 0.0306. The quantitative estimate of drug-likeness (QED) is 0.752. The Kier molecular flexibility index (Phi) is 6.15. The third kappa shape index (κ3) is 4.66. The van der Waals surface area contributed by atoms with Crippen LogP contribution in [0.2, 0.25) is 10.0 Å². The van der Waals surface area contributed by atoms with E-state index in [0.29, 0.717) is 15.6 Å². The van der Waals surface area contributed by atoms with Crippen LogP contribution in [0, 0.1) is 5.41 Å². The summed E-state index contributed by atoms with van der Waals surface area (Å²) in [7, 11) is 0. The van der Waals surface area contributed by atoms with Crippen molar-refractivity contribution in [2.75, 3.05) is 5.33 Å². The fourth-order valence-electron chi connectivity index (χ4n) is 1.78. The first-order valence-corrected chi connectivity index (χ1v) is 7.96. The molecule has 0 aliphatic heterocycles. The van der Waals surface area contributed by atoms with Gasteiger partial charge in [0.25, 0.3) is 5.91 Å². The molecular formula is C14H18BrCl2NO. The van der Waals surface area contributed by atoms with Crippen LogP contribution < -0.4 is 5.32 Å².